The molecule has 2 heterocycles. The smallest absolute Gasteiger partial charge is 0.312 e. The molecule has 4 N–H and O–H groups in total. The first kappa shape index (κ1) is 21.2. The second-order valence-corrected chi connectivity index (χ2v) is 7.83. The molecule has 3 aromatic carbocycles. The Morgan fingerprint density at radius 1 is 0.912 bits per heavy atom. The Bertz CT molecular complexity index is 1520. The standard InChI is InChI=1S/C25H18O9/c1-32-13-5-2-11(3-6-13)14-9-19(29)33-18-10-17(28)21-22(30)23(31)24(34-25(21)20(14)18)12-4-7-15(26)16(27)8-12/h2-8,10,14,26-28,31H,9H2,1H3. The van der Waals surface area contributed by atoms with E-state index in [1.165, 1.54) is 19.2 Å². The summed E-state index contributed by atoms with van der Waals surface area (Å²) in [6.45, 7) is 0. The fraction of sp³-hybridized carbons (Fsp3) is 0.120. The zero-order valence-corrected chi connectivity index (χ0v) is 17.7. The van der Waals surface area contributed by atoms with Crippen molar-refractivity contribution >= 4 is 16.9 Å². The van der Waals surface area contributed by atoms with Gasteiger partial charge in [-0.2, -0.15) is 0 Å². The van der Waals surface area contributed by atoms with E-state index in [9.17, 15) is 30.0 Å². The quantitative estimate of drug-likeness (QED) is 0.203. The number of esters is 1. The average Bonchev–Trinajstić information content (AvgIpc) is 2.82. The van der Waals surface area contributed by atoms with Crippen LogP contribution < -0.4 is 14.9 Å². The van der Waals surface area contributed by atoms with E-state index in [0.29, 0.717) is 16.9 Å². The summed E-state index contributed by atoms with van der Waals surface area (Å²) >= 11 is 0. The third-order valence-electron chi connectivity index (χ3n) is 5.82. The van der Waals surface area contributed by atoms with Gasteiger partial charge < -0.3 is 34.3 Å². The molecule has 1 aliphatic rings. The predicted molar refractivity (Wildman–Crippen MR) is 120 cm³/mol. The predicted octanol–water partition coefficient (Wildman–Crippen LogP) is 3.73. The molecule has 0 fully saturated rings. The topological polar surface area (TPSA) is 147 Å². The van der Waals surface area contributed by atoms with Gasteiger partial charge in [-0.15, -0.1) is 0 Å². The van der Waals surface area contributed by atoms with Crippen LogP contribution in [0.25, 0.3) is 22.3 Å². The number of carbonyl (C=O) groups is 1. The van der Waals surface area contributed by atoms with Gasteiger partial charge in [0.2, 0.25) is 11.2 Å². The Hall–Kier alpha value is -4.66. The molecule has 0 saturated carbocycles. The molecule has 0 aliphatic carbocycles. The van der Waals surface area contributed by atoms with Crippen molar-refractivity contribution in [2.24, 2.45) is 0 Å². The van der Waals surface area contributed by atoms with Crippen molar-refractivity contribution in [2.75, 3.05) is 7.11 Å². The molecule has 4 aromatic rings. The molecule has 34 heavy (non-hydrogen) atoms. The number of methoxy groups -OCH3 is 1. The summed E-state index contributed by atoms with van der Waals surface area (Å²) in [6.07, 6.45) is -0.0564. The fourth-order valence-corrected chi connectivity index (χ4v) is 4.16. The molecule has 1 unspecified atom stereocenters. The monoisotopic (exact) mass is 462 g/mol. The second kappa shape index (κ2) is 7.73. The third-order valence-corrected chi connectivity index (χ3v) is 5.82. The Morgan fingerprint density at radius 2 is 1.65 bits per heavy atom. The Labute approximate surface area is 191 Å². The van der Waals surface area contributed by atoms with E-state index in [2.05, 4.69) is 0 Å². The summed E-state index contributed by atoms with van der Waals surface area (Å²) in [6, 6.07) is 11.8. The molecule has 5 rings (SSSR count). The van der Waals surface area contributed by atoms with E-state index in [-0.39, 0.29) is 34.5 Å². The minimum absolute atomic E-state index is 0.0235. The number of carbonyl (C=O) groups excluding carboxylic acids is 1. The fourth-order valence-electron chi connectivity index (χ4n) is 4.16. The summed E-state index contributed by atoms with van der Waals surface area (Å²) in [7, 11) is 1.53. The summed E-state index contributed by atoms with van der Waals surface area (Å²) < 4.78 is 16.5. The van der Waals surface area contributed by atoms with Crippen LogP contribution in [0.3, 0.4) is 0 Å². The number of fused-ring (bicyclic) bond motifs is 3. The molecule has 0 amide bonds. The van der Waals surface area contributed by atoms with Gasteiger partial charge in [0.1, 0.15) is 28.2 Å². The molecule has 0 radical (unpaired) electrons. The minimum atomic E-state index is -0.908. The third kappa shape index (κ3) is 3.25. The number of aromatic hydroxyl groups is 4. The number of phenolic OH excluding ortho intramolecular Hbond substituents is 3. The van der Waals surface area contributed by atoms with Crippen molar-refractivity contribution in [3.63, 3.8) is 0 Å². The lowest BCUT2D eigenvalue weighted by Crippen LogP contribution is -2.22. The molecule has 0 saturated heterocycles. The highest BCUT2D eigenvalue weighted by atomic mass is 16.5. The summed E-state index contributed by atoms with van der Waals surface area (Å²) in [4.78, 5) is 25.4. The lowest BCUT2D eigenvalue weighted by molar-refractivity contribution is -0.135. The van der Waals surface area contributed by atoms with Crippen LogP contribution in [0.15, 0.2) is 57.7 Å². The minimum Gasteiger partial charge on any atom is -0.507 e. The maximum atomic E-state index is 13.1. The van der Waals surface area contributed by atoms with Crippen LogP contribution >= 0.6 is 0 Å². The lowest BCUT2D eigenvalue weighted by atomic mass is 9.85. The largest absolute Gasteiger partial charge is 0.507 e. The first-order valence-electron chi connectivity index (χ1n) is 10.2. The van der Waals surface area contributed by atoms with Crippen LogP contribution in [-0.2, 0) is 4.79 Å². The highest BCUT2D eigenvalue weighted by Gasteiger charge is 2.34. The van der Waals surface area contributed by atoms with Crippen molar-refractivity contribution in [3.8, 4) is 45.8 Å². The molecule has 1 aromatic heterocycles. The van der Waals surface area contributed by atoms with Gasteiger partial charge in [-0.25, -0.2) is 0 Å². The summed E-state index contributed by atoms with van der Waals surface area (Å²) in [5, 5.41) is 40.3. The first-order valence-corrected chi connectivity index (χ1v) is 10.2. The first-order chi connectivity index (χ1) is 16.3. The van der Waals surface area contributed by atoms with Crippen molar-refractivity contribution in [3.05, 3.63) is 69.9 Å². The van der Waals surface area contributed by atoms with Gasteiger partial charge in [-0.05, 0) is 35.9 Å². The van der Waals surface area contributed by atoms with E-state index in [1.54, 1.807) is 24.3 Å². The molecule has 0 spiro atoms. The van der Waals surface area contributed by atoms with Crippen LogP contribution in [0, 0.1) is 0 Å². The zero-order chi connectivity index (χ0) is 24.1. The van der Waals surface area contributed by atoms with Gasteiger partial charge in [0.25, 0.3) is 0 Å². The highest BCUT2D eigenvalue weighted by Crippen LogP contribution is 2.47. The zero-order valence-electron chi connectivity index (χ0n) is 17.7. The molecule has 1 atom stereocenters. The van der Waals surface area contributed by atoms with E-state index in [1.807, 2.05) is 0 Å². The Kier molecular flexibility index (Phi) is 4.82. The van der Waals surface area contributed by atoms with Crippen LogP contribution in [0.1, 0.15) is 23.5 Å². The Morgan fingerprint density at radius 3 is 2.32 bits per heavy atom. The van der Waals surface area contributed by atoms with Crippen LogP contribution in [0.4, 0.5) is 0 Å². The van der Waals surface area contributed by atoms with Gasteiger partial charge >= 0.3 is 5.97 Å². The van der Waals surface area contributed by atoms with E-state index < -0.39 is 40.3 Å². The van der Waals surface area contributed by atoms with Gasteiger partial charge in [0.15, 0.2) is 17.3 Å². The molecule has 1 aliphatic heterocycles. The maximum Gasteiger partial charge on any atom is 0.312 e. The maximum absolute atomic E-state index is 13.1. The SMILES string of the molecule is COc1ccc(C2CC(=O)Oc3cc(O)c4c(=O)c(O)c(-c5ccc(O)c(O)c5)oc4c32)cc1. The summed E-state index contributed by atoms with van der Waals surface area (Å²) in [5.41, 5.74) is 0.185. The number of ether oxygens (including phenoxy) is 2. The molecule has 0 bridgehead atoms. The van der Waals surface area contributed by atoms with Crippen molar-refractivity contribution in [1.82, 2.24) is 0 Å². The van der Waals surface area contributed by atoms with Gasteiger partial charge in [0, 0.05) is 23.1 Å². The number of hydrogen-bond acceptors (Lipinski definition) is 9. The van der Waals surface area contributed by atoms with E-state index in [0.717, 1.165) is 12.1 Å². The molecular weight excluding hydrogens is 444 g/mol. The van der Waals surface area contributed by atoms with E-state index in [4.69, 9.17) is 13.9 Å². The Balaban J connectivity index is 1.82. The van der Waals surface area contributed by atoms with Gasteiger partial charge in [-0.1, -0.05) is 12.1 Å². The van der Waals surface area contributed by atoms with Crippen LogP contribution in [0.5, 0.6) is 34.5 Å². The van der Waals surface area contributed by atoms with E-state index >= 15 is 0 Å². The summed E-state index contributed by atoms with van der Waals surface area (Å²) in [5.74, 6) is -2.96. The number of hydrogen-bond donors (Lipinski definition) is 4. The molecule has 172 valence electrons. The normalized spacial score (nSPS) is 15.1. The highest BCUT2D eigenvalue weighted by molar-refractivity contribution is 5.94. The molecule has 9 heteroatoms. The van der Waals surface area contributed by atoms with Crippen molar-refractivity contribution in [1.29, 1.82) is 0 Å². The molecular formula is C25H18O9. The second-order valence-electron chi connectivity index (χ2n) is 7.83. The van der Waals surface area contributed by atoms with Crippen molar-refractivity contribution < 1.29 is 39.1 Å². The number of benzene rings is 3. The lowest BCUT2D eigenvalue weighted by Gasteiger charge is -2.26. The van der Waals surface area contributed by atoms with Gasteiger partial charge in [-0.3, -0.25) is 9.59 Å². The van der Waals surface area contributed by atoms with Crippen molar-refractivity contribution in [2.45, 2.75) is 12.3 Å². The average molecular weight is 462 g/mol. The number of phenols is 3. The van der Waals surface area contributed by atoms with Crippen LogP contribution in [0.2, 0.25) is 0 Å². The van der Waals surface area contributed by atoms with Crippen LogP contribution in [-0.4, -0.2) is 33.5 Å². The molecule has 9 nitrogen and oxygen atoms in total. The van der Waals surface area contributed by atoms with Gasteiger partial charge in [0.05, 0.1) is 13.5 Å². The number of rotatable bonds is 3.